The van der Waals surface area contributed by atoms with Crippen LogP contribution in [-0.2, 0) is 13.1 Å². The molecule has 0 amide bonds. The van der Waals surface area contributed by atoms with E-state index in [9.17, 15) is 0 Å². The van der Waals surface area contributed by atoms with Crippen molar-refractivity contribution in [3.8, 4) is 5.75 Å². The highest BCUT2D eigenvalue weighted by molar-refractivity contribution is 7.09. The van der Waals surface area contributed by atoms with E-state index in [-0.39, 0.29) is 0 Å². The third-order valence-corrected chi connectivity index (χ3v) is 4.00. The number of nitrogens with one attached hydrogen (secondary N) is 2. The first-order valence-electron chi connectivity index (χ1n) is 6.83. The lowest BCUT2D eigenvalue weighted by molar-refractivity contribution is 0.408. The first-order chi connectivity index (χ1) is 10.2. The van der Waals surface area contributed by atoms with Crippen LogP contribution in [-0.4, -0.2) is 20.1 Å². The van der Waals surface area contributed by atoms with Crippen molar-refractivity contribution in [2.75, 3.05) is 14.2 Å². The number of rotatable bonds is 5. The van der Waals surface area contributed by atoms with Crippen molar-refractivity contribution in [1.82, 2.24) is 10.6 Å². The molecule has 0 aliphatic carbocycles. The number of hydrogen-bond acceptors (Lipinski definition) is 3. The molecule has 0 bridgehead atoms. The van der Waals surface area contributed by atoms with Crippen molar-refractivity contribution < 1.29 is 4.74 Å². The number of ether oxygens (including phenoxy) is 1. The molecule has 112 valence electrons. The summed E-state index contributed by atoms with van der Waals surface area (Å²) in [6.07, 6.45) is 0. The third-order valence-electron chi connectivity index (χ3n) is 3.12. The second kappa shape index (κ2) is 7.69. The molecule has 5 heteroatoms. The fraction of sp³-hybridized carbons (Fsp3) is 0.312. The van der Waals surface area contributed by atoms with Crippen molar-refractivity contribution in [3.63, 3.8) is 0 Å². The van der Waals surface area contributed by atoms with Crippen molar-refractivity contribution >= 4 is 17.3 Å². The van der Waals surface area contributed by atoms with E-state index in [2.05, 4.69) is 52.2 Å². The van der Waals surface area contributed by atoms with E-state index in [1.54, 1.807) is 25.5 Å². The first-order valence-corrected chi connectivity index (χ1v) is 7.71. The molecule has 0 saturated heterocycles. The summed E-state index contributed by atoms with van der Waals surface area (Å²) in [6, 6.07) is 10.4. The van der Waals surface area contributed by atoms with E-state index in [0.717, 1.165) is 23.8 Å². The van der Waals surface area contributed by atoms with Crippen LogP contribution in [0.1, 0.15) is 16.0 Å². The second-order valence-corrected chi connectivity index (χ2v) is 5.71. The number of aliphatic imine (C=N–C) groups is 1. The predicted molar refractivity (Wildman–Crippen MR) is 89.1 cm³/mol. The first kappa shape index (κ1) is 15.4. The number of methoxy groups -OCH3 is 1. The van der Waals surface area contributed by atoms with Crippen LogP contribution in [0.3, 0.4) is 0 Å². The molecular formula is C16H21N3OS. The van der Waals surface area contributed by atoms with Crippen LogP contribution in [0.15, 0.2) is 40.7 Å². The van der Waals surface area contributed by atoms with Gasteiger partial charge in [-0.2, -0.15) is 0 Å². The standard InChI is InChI=1S/C16H21N3OS/c1-12-6-7-13(15(9-12)20-3)10-18-16(17-2)19-11-14-5-4-8-21-14/h4-9H,10-11H2,1-3H3,(H2,17,18,19). The number of thiophene rings is 1. The van der Waals surface area contributed by atoms with Crippen LogP contribution in [0.5, 0.6) is 5.75 Å². The highest BCUT2D eigenvalue weighted by Gasteiger charge is 2.05. The van der Waals surface area contributed by atoms with Gasteiger partial charge in [0.2, 0.25) is 0 Å². The Kier molecular flexibility index (Phi) is 5.63. The summed E-state index contributed by atoms with van der Waals surface area (Å²) in [4.78, 5) is 5.52. The highest BCUT2D eigenvalue weighted by atomic mass is 32.1. The van der Waals surface area contributed by atoms with Crippen LogP contribution < -0.4 is 15.4 Å². The van der Waals surface area contributed by atoms with Gasteiger partial charge in [0.25, 0.3) is 0 Å². The van der Waals surface area contributed by atoms with E-state index in [0.29, 0.717) is 6.54 Å². The molecule has 1 aromatic carbocycles. The monoisotopic (exact) mass is 303 g/mol. The topological polar surface area (TPSA) is 45.7 Å². The van der Waals surface area contributed by atoms with Crippen LogP contribution >= 0.6 is 11.3 Å². The zero-order valence-electron chi connectivity index (χ0n) is 12.6. The van der Waals surface area contributed by atoms with Crippen molar-refractivity contribution in [2.24, 2.45) is 4.99 Å². The fourth-order valence-electron chi connectivity index (χ4n) is 1.98. The van der Waals surface area contributed by atoms with Gasteiger partial charge in [0.15, 0.2) is 5.96 Å². The van der Waals surface area contributed by atoms with Crippen LogP contribution in [0, 0.1) is 6.92 Å². The lowest BCUT2D eigenvalue weighted by atomic mass is 10.1. The van der Waals surface area contributed by atoms with Gasteiger partial charge < -0.3 is 15.4 Å². The molecule has 2 N–H and O–H groups in total. The molecule has 0 atom stereocenters. The Hall–Kier alpha value is -2.01. The average molecular weight is 303 g/mol. The summed E-state index contributed by atoms with van der Waals surface area (Å²) in [5.74, 6) is 1.68. The van der Waals surface area contributed by atoms with Gasteiger partial charge in [-0.05, 0) is 30.0 Å². The molecule has 0 fully saturated rings. The third kappa shape index (κ3) is 4.49. The molecule has 21 heavy (non-hydrogen) atoms. The zero-order valence-corrected chi connectivity index (χ0v) is 13.5. The summed E-state index contributed by atoms with van der Waals surface area (Å²) >= 11 is 1.73. The van der Waals surface area contributed by atoms with E-state index < -0.39 is 0 Å². The summed E-state index contributed by atoms with van der Waals surface area (Å²) < 4.78 is 5.41. The summed E-state index contributed by atoms with van der Waals surface area (Å²) in [7, 11) is 3.47. The fourth-order valence-corrected chi connectivity index (χ4v) is 2.63. The summed E-state index contributed by atoms with van der Waals surface area (Å²) in [6.45, 7) is 3.51. The van der Waals surface area contributed by atoms with Gasteiger partial charge in [-0.15, -0.1) is 11.3 Å². The Morgan fingerprint density at radius 1 is 1.24 bits per heavy atom. The smallest absolute Gasteiger partial charge is 0.191 e. The Morgan fingerprint density at radius 3 is 2.71 bits per heavy atom. The van der Waals surface area contributed by atoms with Gasteiger partial charge in [-0.3, -0.25) is 4.99 Å². The average Bonchev–Trinajstić information content (AvgIpc) is 3.01. The van der Waals surface area contributed by atoms with Crippen molar-refractivity contribution in [1.29, 1.82) is 0 Å². The molecule has 0 saturated carbocycles. The highest BCUT2D eigenvalue weighted by Crippen LogP contribution is 2.19. The minimum absolute atomic E-state index is 0.674. The summed E-state index contributed by atoms with van der Waals surface area (Å²) in [5.41, 5.74) is 2.30. The number of aryl methyl sites for hydroxylation is 1. The maximum Gasteiger partial charge on any atom is 0.191 e. The number of guanidine groups is 1. The van der Waals surface area contributed by atoms with Crippen molar-refractivity contribution in [3.05, 3.63) is 51.7 Å². The van der Waals surface area contributed by atoms with Crippen LogP contribution in [0.25, 0.3) is 0 Å². The predicted octanol–water partition coefficient (Wildman–Crippen LogP) is 2.93. The second-order valence-electron chi connectivity index (χ2n) is 4.67. The Morgan fingerprint density at radius 2 is 2.05 bits per heavy atom. The quantitative estimate of drug-likeness (QED) is 0.659. The number of nitrogens with zero attached hydrogens (tertiary/aromatic N) is 1. The largest absolute Gasteiger partial charge is 0.496 e. The molecule has 2 rings (SSSR count). The van der Waals surface area contributed by atoms with Gasteiger partial charge in [-0.1, -0.05) is 18.2 Å². The minimum atomic E-state index is 0.674. The number of benzene rings is 1. The van der Waals surface area contributed by atoms with E-state index in [1.165, 1.54) is 10.4 Å². The molecule has 1 aromatic heterocycles. The normalized spacial score (nSPS) is 11.3. The van der Waals surface area contributed by atoms with E-state index >= 15 is 0 Å². The zero-order chi connectivity index (χ0) is 15.1. The maximum atomic E-state index is 5.41. The molecule has 1 heterocycles. The summed E-state index contributed by atoms with van der Waals surface area (Å²) in [5, 5.41) is 8.68. The molecule has 4 nitrogen and oxygen atoms in total. The molecule has 2 aromatic rings. The molecular weight excluding hydrogens is 282 g/mol. The molecule has 0 aliphatic heterocycles. The van der Waals surface area contributed by atoms with Gasteiger partial charge in [-0.25, -0.2) is 0 Å². The van der Waals surface area contributed by atoms with Crippen molar-refractivity contribution in [2.45, 2.75) is 20.0 Å². The Bertz CT molecular complexity index is 594. The lowest BCUT2D eigenvalue weighted by Gasteiger charge is -2.13. The minimum Gasteiger partial charge on any atom is -0.496 e. The van der Waals surface area contributed by atoms with Gasteiger partial charge in [0, 0.05) is 24.0 Å². The Labute approximate surface area is 129 Å². The lowest BCUT2D eigenvalue weighted by Crippen LogP contribution is -2.36. The van der Waals surface area contributed by atoms with E-state index in [4.69, 9.17) is 4.74 Å². The molecule has 0 spiro atoms. The molecule has 0 unspecified atom stereocenters. The maximum absolute atomic E-state index is 5.41. The molecule has 0 aliphatic rings. The van der Waals surface area contributed by atoms with Gasteiger partial charge in [0.1, 0.15) is 5.75 Å². The van der Waals surface area contributed by atoms with Crippen LogP contribution in [0.4, 0.5) is 0 Å². The van der Waals surface area contributed by atoms with E-state index in [1.807, 2.05) is 6.07 Å². The van der Waals surface area contributed by atoms with Gasteiger partial charge in [0.05, 0.1) is 13.7 Å². The van der Waals surface area contributed by atoms with Gasteiger partial charge >= 0.3 is 0 Å². The Balaban J connectivity index is 1.91. The number of hydrogen-bond donors (Lipinski definition) is 2. The van der Waals surface area contributed by atoms with Crippen LogP contribution in [0.2, 0.25) is 0 Å². The SMILES string of the molecule is CN=C(NCc1cccs1)NCc1ccc(C)cc1OC. The molecule has 0 radical (unpaired) electrons.